The number of hydrogen-bond acceptors (Lipinski definition) is 3. The molecule has 18 heavy (non-hydrogen) atoms. The average Bonchev–Trinajstić information content (AvgIpc) is 2.38. The van der Waals surface area contributed by atoms with Crippen molar-refractivity contribution >= 4 is 21.6 Å². The zero-order chi connectivity index (χ0) is 12.8. The van der Waals surface area contributed by atoms with Crippen molar-refractivity contribution in [2.24, 2.45) is 0 Å². The van der Waals surface area contributed by atoms with Gasteiger partial charge in [-0.25, -0.2) is 0 Å². The molecular formula is C14H15BrN2O. The summed E-state index contributed by atoms with van der Waals surface area (Å²) in [5.41, 5.74) is 3.39. The van der Waals surface area contributed by atoms with E-state index >= 15 is 0 Å². The third-order valence-corrected chi connectivity index (χ3v) is 3.00. The van der Waals surface area contributed by atoms with Crippen LogP contribution in [-0.4, -0.2) is 12.1 Å². The topological polar surface area (TPSA) is 34.1 Å². The molecule has 0 saturated carbocycles. The van der Waals surface area contributed by atoms with Gasteiger partial charge in [0.25, 0.3) is 0 Å². The number of pyridine rings is 1. The second-order valence-electron chi connectivity index (χ2n) is 3.96. The lowest BCUT2D eigenvalue weighted by Crippen LogP contribution is -2.03. The van der Waals surface area contributed by atoms with Crippen LogP contribution in [0.25, 0.3) is 0 Å². The van der Waals surface area contributed by atoms with Gasteiger partial charge < -0.3 is 10.1 Å². The minimum atomic E-state index is 0.611. The maximum Gasteiger partial charge on any atom is 0.0733 e. The average molecular weight is 307 g/mol. The number of hydrogen-bond donors (Lipinski definition) is 1. The highest BCUT2D eigenvalue weighted by Gasteiger charge is 2.01. The standard InChI is InChI=1S/C14H15BrN2O/c1-18-10-12-4-2-3-5-14(12)17-8-11-6-13(15)9-16-7-11/h2-7,9,17H,8,10H2,1H3. The Balaban J connectivity index is 2.06. The van der Waals surface area contributed by atoms with Crippen LogP contribution < -0.4 is 5.32 Å². The van der Waals surface area contributed by atoms with Crippen LogP contribution >= 0.6 is 15.9 Å². The quantitative estimate of drug-likeness (QED) is 0.916. The summed E-state index contributed by atoms with van der Waals surface area (Å²) in [5.74, 6) is 0. The van der Waals surface area contributed by atoms with Crippen molar-refractivity contribution in [2.75, 3.05) is 12.4 Å². The number of benzene rings is 1. The largest absolute Gasteiger partial charge is 0.381 e. The van der Waals surface area contributed by atoms with E-state index in [1.165, 1.54) is 0 Å². The fourth-order valence-corrected chi connectivity index (χ4v) is 2.14. The minimum absolute atomic E-state index is 0.611. The maximum absolute atomic E-state index is 5.18. The molecular weight excluding hydrogens is 292 g/mol. The lowest BCUT2D eigenvalue weighted by atomic mass is 10.2. The van der Waals surface area contributed by atoms with E-state index in [0.717, 1.165) is 27.8 Å². The Labute approximate surface area is 115 Å². The molecule has 0 unspecified atom stereocenters. The van der Waals surface area contributed by atoms with Gasteiger partial charge in [0.15, 0.2) is 0 Å². The summed E-state index contributed by atoms with van der Waals surface area (Å²) in [6, 6.07) is 10.2. The van der Waals surface area contributed by atoms with Crippen molar-refractivity contribution in [3.05, 3.63) is 58.3 Å². The van der Waals surface area contributed by atoms with Crippen LogP contribution in [0.2, 0.25) is 0 Å². The molecule has 0 aliphatic heterocycles. The van der Waals surface area contributed by atoms with Crippen molar-refractivity contribution in [3.8, 4) is 0 Å². The van der Waals surface area contributed by atoms with Crippen LogP contribution in [0.15, 0.2) is 47.2 Å². The summed E-state index contributed by atoms with van der Waals surface area (Å²) >= 11 is 3.42. The first-order valence-electron chi connectivity index (χ1n) is 5.70. The number of nitrogens with zero attached hydrogens (tertiary/aromatic N) is 1. The van der Waals surface area contributed by atoms with Gasteiger partial charge in [-0.2, -0.15) is 0 Å². The second kappa shape index (κ2) is 6.52. The molecule has 0 aliphatic carbocycles. The summed E-state index contributed by atoms with van der Waals surface area (Å²) in [5, 5.41) is 3.40. The number of para-hydroxylation sites is 1. The molecule has 0 amide bonds. The number of nitrogens with one attached hydrogen (secondary N) is 1. The molecule has 1 N–H and O–H groups in total. The lowest BCUT2D eigenvalue weighted by Gasteiger charge is -2.11. The smallest absolute Gasteiger partial charge is 0.0733 e. The van der Waals surface area contributed by atoms with Crippen molar-refractivity contribution in [1.82, 2.24) is 4.98 Å². The molecule has 1 heterocycles. The normalized spacial score (nSPS) is 10.3. The molecule has 2 rings (SSSR count). The van der Waals surface area contributed by atoms with E-state index in [4.69, 9.17) is 4.74 Å². The molecule has 3 nitrogen and oxygen atoms in total. The Bertz CT molecular complexity index is 517. The van der Waals surface area contributed by atoms with Crippen molar-refractivity contribution < 1.29 is 4.74 Å². The molecule has 4 heteroatoms. The molecule has 0 saturated heterocycles. The SMILES string of the molecule is COCc1ccccc1NCc1cncc(Br)c1. The van der Waals surface area contributed by atoms with Gasteiger partial charge in [0.2, 0.25) is 0 Å². The summed E-state index contributed by atoms with van der Waals surface area (Å²) in [6.45, 7) is 1.35. The van der Waals surface area contributed by atoms with Crippen LogP contribution in [0, 0.1) is 0 Å². The zero-order valence-electron chi connectivity index (χ0n) is 10.2. The summed E-state index contributed by atoms with van der Waals surface area (Å²) in [4.78, 5) is 4.14. The molecule has 2 aromatic rings. The summed E-state index contributed by atoms with van der Waals surface area (Å²) in [6.07, 6.45) is 3.64. The molecule has 0 atom stereocenters. The first-order chi connectivity index (χ1) is 8.79. The first kappa shape index (κ1) is 13.1. The van der Waals surface area contributed by atoms with E-state index in [1.807, 2.05) is 18.3 Å². The minimum Gasteiger partial charge on any atom is -0.381 e. The second-order valence-corrected chi connectivity index (χ2v) is 4.87. The van der Waals surface area contributed by atoms with Crippen LogP contribution in [0.1, 0.15) is 11.1 Å². The Morgan fingerprint density at radius 1 is 1.28 bits per heavy atom. The Hall–Kier alpha value is -1.39. The van der Waals surface area contributed by atoms with Gasteiger partial charge in [-0.3, -0.25) is 4.98 Å². The van der Waals surface area contributed by atoms with Crippen LogP contribution in [0.5, 0.6) is 0 Å². The summed E-state index contributed by atoms with van der Waals surface area (Å²) < 4.78 is 6.17. The van der Waals surface area contributed by atoms with E-state index in [1.54, 1.807) is 13.3 Å². The van der Waals surface area contributed by atoms with Gasteiger partial charge in [0.05, 0.1) is 6.61 Å². The van der Waals surface area contributed by atoms with E-state index in [0.29, 0.717) is 6.61 Å². The van der Waals surface area contributed by atoms with Gasteiger partial charge in [0, 0.05) is 41.8 Å². The molecule has 0 bridgehead atoms. The Morgan fingerprint density at radius 2 is 2.11 bits per heavy atom. The number of anilines is 1. The zero-order valence-corrected chi connectivity index (χ0v) is 11.8. The van der Waals surface area contributed by atoms with Crippen LogP contribution in [0.4, 0.5) is 5.69 Å². The fraction of sp³-hybridized carbons (Fsp3) is 0.214. The van der Waals surface area contributed by atoms with Crippen LogP contribution in [-0.2, 0) is 17.9 Å². The van der Waals surface area contributed by atoms with Gasteiger partial charge >= 0.3 is 0 Å². The molecule has 0 radical (unpaired) electrons. The lowest BCUT2D eigenvalue weighted by molar-refractivity contribution is 0.185. The highest BCUT2D eigenvalue weighted by atomic mass is 79.9. The van der Waals surface area contributed by atoms with E-state index in [2.05, 4.69) is 44.4 Å². The Morgan fingerprint density at radius 3 is 2.89 bits per heavy atom. The molecule has 0 fully saturated rings. The number of aromatic nitrogens is 1. The molecule has 1 aromatic carbocycles. The van der Waals surface area contributed by atoms with Gasteiger partial charge in [-0.15, -0.1) is 0 Å². The third kappa shape index (κ3) is 3.55. The monoisotopic (exact) mass is 306 g/mol. The third-order valence-electron chi connectivity index (χ3n) is 2.56. The number of halogens is 1. The molecule has 0 spiro atoms. The highest BCUT2D eigenvalue weighted by molar-refractivity contribution is 9.10. The number of methoxy groups -OCH3 is 1. The van der Waals surface area contributed by atoms with Crippen molar-refractivity contribution in [2.45, 2.75) is 13.2 Å². The molecule has 94 valence electrons. The fourth-order valence-electron chi connectivity index (χ4n) is 1.72. The van der Waals surface area contributed by atoms with Gasteiger partial charge in [0.1, 0.15) is 0 Å². The first-order valence-corrected chi connectivity index (χ1v) is 6.49. The molecule has 1 aromatic heterocycles. The molecule has 0 aliphatic rings. The van der Waals surface area contributed by atoms with E-state index < -0.39 is 0 Å². The highest BCUT2D eigenvalue weighted by Crippen LogP contribution is 2.17. The van der Waals surface area contributed by atoms with E-state index in [9.17, 15) is 0 Å². The van der Waals surface area contributed by atoms with Gasteiger partial charge in [-0.1, -0.05) is 18.2 Å². The maximum atomic E-state index is 5.18. The number of ether oxygens (including phenoxy) is 1. The summed E-state index contributed by atoms with van der Waals surface area (Å²) in [7, 11) is 1.70. The van der Waals surface area contributed by atoms with Crippen LogP contribution in [0.3, 0.4) is 0 Å². The van der Waals surface area contributed by atoms with Crippen molar-refractivity contribution in [3.63, 3.8) is 0 Å². The van der Waals surface area contributed by atoms with Gasteiger partial charge in [-0.05, 0) is 33.6 Å². The predicted octanol–water partition coefficient (Wildman–Crippen LogP) is 3.60. The number of rotatable bonds is 5. The predicted molar refractivity (Wildman–Crippen MR) is 76.4 cm³/mol. The van der Waals surface area contributed by atoms with Crippen molar-refractivity contribution in [1.29, 1.82) is 0 Å². The Kier molecular flexibility index (Phi) is 4.73. The van der Waals surface area contributed by atoms with E-state index in [-0.39, 0.29) is 0 Å².